The number of aromatic nitrogens is 2. The van der Waals surface area contributed by atoms with Gasteiger partial charge in [0.05, 0.1) is 18.4 Å². The minimum atomic E-state index is -0.126. The van der Waals surface area contributed by atoms with Gasteiger partial charge in [-0.15, -0.1) is 0 Å². The SMILES string of the molecule is CC(C(=O)N1CC(c2nc(CCOCC3CC3)no2)C1)c1ccccc1. The molecular formula is C20H25N3O3. The first-order chi connectivity index (χ1) is 12.7. The van der Waals surface area contributed by atoms with Crippen molar-refractivity contribution in [2.24, 2.45) is 5.92 Å². The van der Waals surface area contributed by atoms with Crippen molar-refractivity contribution in [2.75, 3.05) is 26.3 Å². The van der Waals surface area contributed by atoms with E-state index in [0.29, 0.717) is 37.8 Å². The van der Waals surface area contributed by atoms with Crippen LogP contribution in [0.3, 0.4) is 0 Å². The average Bonchev–Trinajstić information content (AvgIpc) is 3.35. The molecule has 1 saturated carbocycles. The number of carbonyl (C=O) groups excluding carboxylic acids is 1. The van der Waals surface area contributed by atoms with Gasteiger partial charge in [-0.05, 0) is 31.2 Å². The van der Waals surface area contributed by atoms with Crippen molar-refractivity contribution in [1.82, 2.24) is 15.0 Å². The van der Waals surface area contributed by atoms with Gasteiger partial charge in [0.2, 0.25) is 11.8 Å². The fourth-order valence-corrected chi connectivity index (χ4v) is 3.21. The van der Waals surface area contributed by atoms with Crippen LogP contribution in [0.4, 0.5) is 0 Å². The van der Waals surface area contributed by atoms with Gasteiger partial charge in [0.25, 0.3) is 0 Å². The van der Waals surface area contributed by atoms with Crippen LogP contribution < -0.4 is 0 Å². The molecule has 2 aliphatic rings. The summed E-state index contributed by atoms with van der Waals surface area (Å²) in [6.07, 6.45) is 3.27. The van der Waals surface area contributed by atoms with Gasteiger partial charge in [0.15, 0.2) is 5.82 Å². The normalized spacial score (nSPS) is 18.6. The van der Waals surface area contributed by atoms with Crippen LogP contribution in [-0.2, 0) is 16.0 Å². The lowest BCUT2D eigenvalue weighted by Crippen LogP contribution is -2.50. The average molecular weight is 355 g/mol. The summed E-state index contributed by atoms with van der Waals surface area (Å²) in [4.78, 5) is 18.9. The van der Waals surface area contributed by atoms with E-state index in [4.69, 9.17) is 9.26 Å². The molecule has 0 bridgehead atoms. The predicted molar refractivity (Wildman–Crippen MR) is 95.7 cm³/mol. The molecule has 2 heterocycles. The summed E-state index contributed by atoms with van der Waals surface area (Å²) in [5, 5.41) is 4.03. The summed E-state index contributed by atoms with van der Waals surface area (Å²) >= 11 is 0. The van der Waals surface area contributed by atoms with Crippen molar-refractivity contribution in [1.29, 1.82) is 0 Å². The molecule has 0 radical (unpaired) electrons. The Labute approximate surface area is 153 Å². The number of amides is 1. The smallest absolute Gasteiger partial charge is 0.233 e. The highest BCUT2D eigenvalue weighted by Gasteiger charge is 2.37. The Morgan fingerprint density at radius 1 is 1.31 bits per heavy atom. The third-order valence-corrected chi connectivity index (χ3v) is 5.22. The third-order valence-electron chi connectivity index (χ3n) is 5.22. The predicted octanol–water partition coefficient (Wildman–Crippen LogP) is 2.77. The Hall–Kier alpha value is -2.21. The fourth-order valence-electron chi connectivity index (χ4n) is 3.21. The summed E-state index contributed by atoms with van der Waals surface area (Å²) in [7, 11) is 0. The molecule has 138 valence electrons. The highest BCUT2D eigenvalue weighted by Crippen LogP contribution is 2.30. The Morgan fingerprint density at radius 3 is 2.81 bits per heavy atom. The topological polar surface area (TPSA) is 68.5 Å². The molecule has 6 heteroatoms. The zero-order chi connectivity index (χ0) is 17.9. The molecule has 1 aliphatic carbocycles. The van der Waals surface area contributed by atoms with E-state index < -0.39 is 0 Å². The van der Waals surface area contributed by atoms with Gasteiger partial charge in [-0.3, -0.25) is 4.79 Å². The van der Waals surface area contributed by atoms with Crippen LogP contribution in [0, 0.1) is 5.92 Å². The van der Waals surface area contributed by atoms with E-state index in [-0.39, 0.29) is 17.7 Å². The summed E-state index contributed by atoms with van der Waals surface area (Å²) in [6.45, 7) is 4.74. The minimum absolute atomic E-state index is 0.126. The molecule has 2 fully saturated rings. The van der Waals surface area contributed by atoms with E-state index in [1.54, 1.807) is 0 Å². The van der Waals surface area contributed by atoms with Crippen LogP contribution in [0.2, 0.25) is 0 Å². The highest BCUT2D eigenvalue weighted by molar-refractivity contribution is 5.84. The third kappa shape index (κ3) is 3.96. The molecule has 1 unspecified atom stereocenters. The highest BCUT2D eigenvalue weighted by atomic mass is 16.5. The maximum absolute atomic E-state index is 12.6. The summed E-state index contributed by atoms with van der Waals surface area (Å²) in [5.41, 5.74) is 1.05. The second kappa shape index (κ2) is 7.58. The van der Waals surface area contributed by atoms with Crippen molar-refractivity contribution in [3.63, 3.8) is 0 Å². The van der Waals surface area contributed by atoms with Gasteiger partial charge < -0.3 is 14.2 Å². The number of nitrogens with zero attached hydrogens (tertiary/aromatic N) is 3. The molecule has 1 atom stereocenters. The molecule has 4 rings (SSSR count). The number of hydrogen-bond acceptors (Lipinski definition) is 5. The molecule has 1 aromatic carbocycles. The second-order valence-corrected chi connectivity index (χ2v) is 7.39. The lowest BCUT2D eigenvalue weighted by atomic mass is 9.94. The van der Waals surface area contributed by atoms with Crippen molar-refractivity contribution in [2.45, 2.75) is 38.0 Å². The summed E-state index contributed by atoms with van der Waals surface area (Å²) in [5.74, 6) is 2.28. The maximum Gasteiger partial charge on any atom is 0.233 e. The van der Waals surface area contributed by atoms with Crippen molar-refractivity contribution in [3.05, 3.63) is 47.6 Å². The van der Waals surface area contributed by atoms with Gasteiger partial charge in [0, 0.05) is 26.1 Å². The van der Waals surface area contributed by atoms with Crippen LogP contribution in [0.15, 0.2) is 34.9 Å². The Balaban J connectivity index is 1.23. The number of hydrogen-bond donors (Lipinski definition) is 0. The second-order valence-electron chi connectivity index (χ2n) is 7.39. The lowest BCUT2D eigenvalue weighted by molar-refractivity contribution is -0.137. The fraction of sp³-hybridized carbons (Fsp3) is 0.550. The minimum Gasteiger partial charge on any atom is -0.381 e. The van der Waals surface area contributed by atoms with Crippen molar-refractivity contribution < 1.29 is 14.1 Å². The molecule has 1 aromatic heterocycles. The zero-order valence-corrected chi connectivity index (χ0v) is 15.1. The monoisotopic (exact) mass is 355 g/mol. The summed E-state index contributed by atoms with van der Waals surface area (Å²) < 4.78 is 11.0. The van der Waals surface area contributed by atoms with Crippen LogP contribution >= 0.6 is 0 Å². The van der Waals surface area contributed by atoms with Crippen LogP contribution in [0.5, 0.6) is 0 Å². The number of benzene rings is 1. The van der Waals surface area contributed by atoms with Crippen molar-refractivity contribution in [3.8, 4) is 0 Å². The maximum atomic E-state index is 12.6. The number of likely N-dealkylation sites (tertiary alicyclic amines) is 1. The molecule has 0 spiro atoms. The van der Waals surface area contributed by atoms with E-state index in [1.165, 1.54) is 12.8 Å². The molecule has 1 amide bonds. The molecule has 0 N–H and O–H groups in total. The molecule has 2 aromatic rings. The van der Waals surface area contributed by atoms with Crippen LogP contribution in [0.25, 0.3) is 0 Å². The largest absolute Gasteiger partial charge is 0.381 e. The molecule has 26 heavy (non-hydrogen) atoms. The van der Waals surface area contributed by atoms with Gasteiger partial charge in [-0.2, -0.15) is 4.98 Å². The Kier molecular flexibility index (Phi) is 5.02. The Bertz CT molecular complexity index is 736. The molecular weight excluding hydrogens is 330 g/mol. The molecule has 1 saturated heterocycles. The molecule has 1 aliphatic heterocycles. The van der Waals surface area contributed by atoms with Gasteiger partial charge >= 0.3 is 0 Å². The first-order valence-corrected chi connectivity index (χ1v) is 9.44. The van der Waals surface area contributed by atoms with Crippen LogP contribution in [0.1, 0.15) is 48.9 Å². The van der Waals surface area contributed by atoms with Gasteiger partial charge in [-0.1, -0.05) is 35.5 Å². The van der Waals surface area contributed by atoms with E-state index in [0.717, 1.165) is 18.1 Å². The van der Waals surface area contributed by atoms with Crippen LogP contribution in [-0.4, -0.2) is 47.3 Å². The van der Waals surface area contributed by atoms with E-state index in [2.05, 4.69) is 10.1 Å². The van der Waals surface area contributed by atoms with Gasteiger partial charge in [0.1, 0.15) is 0 Å². The number of rotatable bonds is 8. The first-order valence-electron chi connectivity index (χ1n) is 9.44. The first kappa shape index (κ1) is 17.2. The van der Waals surface area contributed by atoms with E-state index in [1.807, 2.05) is 42.2 Å². The summed E-state index contributed by atoms with van der Waals surface area (Å²) in [6, 6.07) is 9.88. The zero-order valence-electron chi connectivity index (χ0n) is 15.1. The number of carbonyl (C=O) groups is 1. The number of ether oxygens (including phenoxy) is 1. The quantitative estimate of drug-likeness (QED) is 0.681. The Morgan fingerprint density at radius 2 is 2.08 bits per heavy atom. The van der Waals surface area contributed by atoms with Crippen molar-refractivity contribution >= 4 is 5.91 Å². The van der Waals surface area contributed by atoms with E-state index in [9.17, 15) is 4.79 Å². The lowest BCUT2D eigenvalue weighted by Gasteiger charge is -2.38. The molecule has 6 nitrogen and oxygen atoms in total. The van der Waals surface area contributed by atoms with E-state index >= 15 is 0 Å². The standard InChI is InChI=1S/C20H25N3O3/c1-14(16-5-3-2-4-6-16)20(24)23-11-17(12-23)19-21-18(22-26-19)9-10-25-13-15-7-8-15/h2-6,14-15,17H,7-13H2,1H3. The van der Waals surface area contributed by atoms with Gasteiger partial charge in [-0.25, -0.2) is 0 Å².